The van der Waals surface area contributed by atoms with Crippen molar-refractivity contribution in [3.63, 3.8) is 0 Å². The molecule has 0 saturated carbocycles. The van der Waals surface area contributed by atoms with Gasteiger partial charge < -0.3 is 19.0 Å². The van der Waals surface area contributed by atoms with Gasteiger partial charge in [-0.1, -0.05) is 17.3 Å². The number of carbonyl (C=O) groups is 1. The minimum Gasteiger partial charge on any atom is -0.491 e. The Kier molecular flexibility index (Phi) is 3.52. The molecule has 1 N–H and O–H groups in total. The van der Waals surface area contributed by atoms with Crippen molar-refractivity contribution in [1.82, 2.24) is 20.4 Å². The number of hydrogen-bond acceptors (Lipinski definition) is 7. The molecule has 2 aromatic heterocycles. The highest BCUT2D eigenvalue weighted by Crippen LogP contribution is 2.35. The van der Waals surface area contributed by atoms with Crippen molar-refractivity contribution < 1.29 is 18.5 Å². The van der Waals surface area contributed by atoms with E-state index in [9.17, 15) is 4.79 Å². The number of fused-ring (bicyclic) bond motifs is 1. The van der Waals surface area contributed by atoms with Crippen molar-refractivity contribution in [2.45, 2.75) is 26.8 Å². The minimum atomic E-state index is -0.308. The summed E-state index contributed by atoms with van der Waals surface area (Å²) in [5.74, 6) is 2.08. The quantitative estimate of drug-likeness (QED) is 0.781. The van der Waals surface area contributed by atoms with Crippen LogP contribution in [0.4, 0.5) is 0 Å². The van der Waals surface area contributed by atoms with Gasteiger partial charge in [-0.3, -0.25) is 4.79 Å². The number of rotatable bonds is 3. The summed E-state index contributed by atoms with van der Waals surface area (Å²) in [4.78, 5) is 20.7. The lowest BCUT2D eigenvalue weighted by atomic mass is 10.1. The van der Waals surface area contributed by atoms with Crippen LogP contribution in [0.5, 0.6) is 5.75 Å². The van der Waals surface area contributed by atoms with Crippen LogP contribution in [0.3, 0.4) is 0 Å². The van der Waals surface area contributed by atoms with E-state index in [0.717, 1.165) is 11.1 Å². The van der Waals surface area contributed by atoms with Gasteiger partial charge >= 0.3 is 0 Å². The molecule has 1 aromatic carbocycles. The topological polar surface area (TPSA) is 103 Å². The molecule has 0 unspecified atom stereocenters. The van der Waals surface area contributed by atoms with Gasteiger partial charge in [0, 0.05) is 25.0 Å². The molecule has 8 heteroatoms. The van der Waals surface area contributed by atoms with Crippen molar-refractivity contribution in [1.29, 1.82) is 0 Å². The highest BCUT2D eigenvalue weighted by atomic mass is 16.5. The number of nitrogens with zero attached hydrogens (tertiary/aromatic N) is 3. The second-order valence-electron chi connectivity index (χ2n) is 5.87. The van der Waals surface area contributed by atoms with Crippen molar-refractivity contribution >= 4 is 5.91 Å². The summed E-state index contributed by atoms with van der Waals surface area (Å²) in [5.41, 5.74) is 2.26. The zero-order chi connectivity index (χ0) is 17.6. The number of aryl methyl sites for hydroxylation is 3. The average molecular weight is 340 g/mol. The van der Waals surface area contributed by atoms with Gasteiger partial charge in [-0.05, 0) is 13.0 Å². The molecule has 0 saturated heterocycles. The number of amides is 1. The van der Waals surface area contributed by atoms with E-state index < -0.39 is 0 Å². The van der Waals surface area contributed by atoms with E-state index in [1.165, 1.54) is 0 Å². The van der Waals surface area contributed by atoms with E-state index in [2.05, 4.69) is 20.4 Å². The summed E-state index contributed by atoms with van der Waals surface area (Å²) < 4.78 is 16.1. The normalized spacial score (nSPS) is 15.7. The van der Waals surface area contributed by atoms with E-state index in [0.29, 0.717) is 35.7 Å². The first-order chi connectivity index (χ1) is 12.0. The Morgan fingerprint density at radius 2 is 2.04 bits per heavy atom. The number of hydrogen-bond donors (Lipinski definition) is 1. The smallest absolute Gasteiger partial charge is 0.289 e. The minimum absolute atomic E-state index is 0.227. The van der Waals surface area contributed by atoms with Crippen LogP contribution in [0.25, 0.3) is 11.4 Å². The SMILES string of the molecule is Cc1nc(-c2ccc3c(c2)OC[C@H]3NC(=O)c2oc(C)nc2C)no1. The van der Waals surface area contributed by atoms with Gasteiger partial charge in [-0.15, -0.1) is 0 Å². The molecule has 1 atom stereocenters. The lowest BCUT2D eigenvalue weighted by Gasteiger charge is -2.10. The molecule has 25 heavy (non-hydrogen) atoms. The molecule has 8 nitrogen and oxygen atoms in total. The lowest BCUT2D eigenvalue weighted by molar-refractivity contribution is 0.0900. The summed E-state index contributed by atoms with van der Waals surface area (Å²) in [6.45, 7) is 5.53. The van der Waals surface area contributed by atoms with E-state index >= 15 is 0 Å². The Hall–Kier alpha value is -3.16. The van der Waals surface area contributed by atoms with Gasteiger partial charge in [0.15, 0.2) is 5.89 Å². The number of aromatic nitrogens is 3. The van der Waals surface area contributed by atoms with Crippen molar-refractivity contribution in [3.8, 4) is 17.1 Å². The van der Waals surface area contributed by atoms with E-state index in [-0.39, 0.29) is 17.7 Å². The summed E-state index contributed by atoms with van der Waals surface area (Å²) in [5, 5.41) is 6.82. The van der Waals surface area contributed by atoms with Crippen LogP contribution < -0.4 is 10.1 Å². The third kappa shape index (κ3) is 2.75. The fraction of sp³-hybridized carbons (Fsp3) is 0.294. The molecule has 0 bridgehead atoms. The van der Waals surface area contributed by atoms with Crippen molar-refractivity contribution in [2.75, 3.05) is 6.61 Å². The van der Waals surface area contributed by atoms with Gasteiger partial charge in [0.25, 0.3) is 5.91 Å². The summed E-state index contributed by atoms with van der Waals surface area (Å²) in [6.07, 6.45) is 0. The number of nitrogens with one attached hydrogen (secondary N) is 1. The maximum Gasteiger partial charge on any atom is 0.289 e. The molecular weight excluding hydrogens is 324 g/mol. The molecule has 3 aromatic rings. The fourth-order valence-electron chi connectivity index (χ4n) is 2.85. The number of benzene rings is 1. The second-order valence-corrected chi connectivity index (χ2v) is 5.87. The zero-order valence-corrected chi connectivity index (χ0v) is 14.0. The molecule has 0 spiro atoms. The molecule has 4 rings (SSSR count). The van der Waals surface area contributed by atoms with E-state index in [1.807, 2.05) is 18.2 Å². The fourth-order valence-corrected chi connectivity index (χ4v) is 2.85. The molecule has 0 aliphatic carbocycles. The van der Waals surface area contributed by atoms with Crippen LogP contribution in [0, 0.1) is 20.8 Å². The third-order valence-corrected chi connectivity index (χ3v) is 4.00. The Morgan fingerprint density at radius 1 is 1.20 bits per heavy atom. The number of oxazole rings is 1. The maximum absolute atomic E-state index is 12.4. The predicted molar refractivity (Wildman–Crippen MR) is 86.2 cm³/mol. The molecular formula is C17H16N4O4. The highest BCUT2D eigenvalue weighted by molar-refractivity contribution is 5.92. The zero-order valence-electron chi connectivity index (χ0n) is 14.0. The molecule has 128 valence electrons. The van der Waals surface area contributed by atoms with Crippen molar-refractivity contribution in [3.05, 3.63) is 47.0 Å². The van der Waals surface area contributed by atoms with Crippen LogP contribution in [0.15, 0.2) is 27.1 Å². The molecule has 0 fully saturated rings. The van der Waals surface area contributed by atoms with Gasteiger partial charge in [0.2, 0.25) is 17.5 Å². The van der Waals surface area contributed by atoms with Crippen molar-refractivity contribution in [2.24, 2.45) is 0 Å². The monoisotopic (exact) mass is 340 g/mol. The average Bonchev–Trinajstić information content (AvgIpc) is 3.26. The van der Waals surface area contributed by atoms with E-state index in [1.54, 1.807) is 20.8 Å². The largest absolute Gasteiger partial charge is 0.491 e. The van der Waals surface area contributed by atoms with Gasteiger partial charge in [0.05, 0.1) is 11.7 Å². The molecule has 0 radical (unpaired) electrons. The van der Waals surface area contributed by atoms with Crippen LogP contribution in [0.1, 0.15) is 39.6 Å². The number of ether oxygens (including phenoxy) is 1. The first kappa shape index (κ1) is 15.4. The second kappa shape index (κ2) is 5.73. The van der Waals surface area contributed by atoms with Gasteiger partial charge in [0.1, 0.15) is 12.4 Å². The Bertz CT molecular complexity index is 959. The number of carbonyl (C=O) groups excluding carboxylic acids is 1. The Balaban J connectivity index is 1.56. The summed E-state index contributed by atoms with van der Waals surface area (Å²) >= 11 is 0. The molecule has 1 aliphatic heterocycles. The first-order valence-electron chi connectivity index (χ1n) is 7.83. The van der Waals surface area contributed by atoms with Gasteiger partial charge in [-0.2, -0.15) is 4.98 Å². The van der Waals surface area contributed by atoms with Gasteiger partial charge in [-0.25, -0.2) is 4.98 Å². The Morgan fingerprint density at radius 3 is 2.72 bits per heavy atom. The summed E-state index contributed by atoms with van der Waals surface area (Å²) in [7, 11) is 0. The lowest BCUT2D eigenvalue weighted by Crippen LogP contribution is -2.29. The molecule has 3 heterocycles. The predicted octanol–water partition coefficient (Wildman–Crippen LogP) is 2.51. The van der Waals surface area contributed by atoms with Crippen LogP contribution in [-0.2, 0) is 0 Å². The molecule has 1 amide bonds. The summed E-state index contributed by atoms with van der Waals surface area (Å²) in [6, 6.07) is 5.36. The van der Waals surface area contributed by atoms with Crippen LogP contribution >= 0.6 is 0 Å². The van der Waals surface area contributed by atoms with Crippen LogP contribution in [0.2, 0.25) is 0 Å². The standard InChI is InChI=1S/C17H16N4O4/c1-8-15(24-9(2)18-8)17(22)20-13-7-23-14-6-11(4-5-12(13)14)16-19-10(3)25-21-16/h4-6,13H,7H2,1-3H3,(H,20,22)/t13-/m1/s1. The Labute approximate surface area is 143 Å². The van der Waals surface area contributed by atoms with E-state index in [4.69, 9.17) is 13.7 Å². The third-order valence-electron chi connectivity index (χ3n) is 4.00. The first-order valence-corrected chi connectivity index (χ1v) is 7.83. The highest BCUT2D eigenvalue weighted by Gasteiger charge is 2.28. The van der Waals surface area contributed by atoms with Crippen LogP contribution in [-0.4, -0.2) is 27.6 Å². The maximum atomic E-state index is 12.4. The molecule has 1 aliphatic rings.